The lowest BCUT2D eigenvalue weighted by atomic mass is 10.2. The topological polar surface area (TPSA) is 48.0 Å². The van der Waals surface area contributed by atoms with Crippen LogP contribution in [0.3, 0.4) is 0 Å². The van der Waals surface area contributed by atoms with Gasteiger partial charge in [-0.3, -0.25) is 4.90 Å². The molecule has 0 bridgehead atoms. The molecule has 1 aliphatic heterocycles. The first-order chi connectivity index (χ1) is 11.8. The molecule has 0 N–H and O–H groups in total. The van der Waals surface area contributed by atoms with E-state index in [1.54, 1.807) is 6.08 Å². The normalized spacial score (nSPS) is 14.9. The number of carbonyl (C=O) groups excluding carboxylic acids is 1. The Balaban J connectivity index is 0.00000312. The Morgan fingerprint density at radius 2 is 1.92 bits per heavy atom. The molecule has 0 aromatic heterocycles. The van der Waals surface area contributed by atoms with E-state index >= 15 is 0 Å². The summed E-state index contributed by atoms with van der Waals surface area (Å²) in [5, 5.41) is 0. The number of nitrogens with zero attached hydrogens (tertiary/aromatic N) is 1. The van der Waals surface area contributed by atoms with Gasteiger partial charge in [-0.2, -0.15) is 0 Å². The lowest BCUT2D eigenvalue weighted by molar-refractivity contribution is -0.138. The van der Waals surface area contributed by atoms with E-state index in [1.165, 1.54) is 6.08 Å². The van der Waals surface area contributed by atoms with Crippen molar-refractivity contribution in [2.75, 3.05) is 46.1 Å². The van der Waals surface area contributed by atoms with Crippen molar-refractivity contribution in [2.24, 2.45) is 0 Å². The minimum atomic E-state index is -0.313. The van der Waals surface area contributed by atoms with Crippen molar-refractivity contribution in [1.82, 2.24) is 4.90 Å². The SMILES string of the molecule is CCCCOc1ccc(/C=C/C(=O)OCCN2CCOCC2)cc1.Cl. The predicted octanol–water partition coefficient (Wildman–Crippen LogP) is 3.18. The molecule has 1 aliphatic rings. The quantitative estimate of drug-likeness (QED) is 0.380. The van der Waals surface area contributed by atoms with E-state index in [2.05, 4.69) is 11.8 Å². The molecule has 1 aromatic carbocycles. The molecule has 140 valence electrons. The molecular weight excluding hydrogens is 342 g/mol. The number of hydrogen-bond donors (Lipinski definition) is 0. The highest BCUT2D eigenvalue weighted by molar-refractivity contribution is 5.87. The molecule has 6 heteroatoms. The second kappa shape index (κ2) is 12.8. The molecule has 0 spiro atoms. The molecular formula is C19H28ClNO4. The molecule has 5 nitrogen and oxygen atoms in total. The summed E-state index contributed by atoms with van der Waals surface area (Å²) in [6.07, 6.45) is 5.39. The first-order valence-corrected chi connectivity index (χ1v) is 8.65. The summed E-state index contributed by atoms with van der Waals surface area (Å²) in [6, 6.07) is 7.69. The zero-order chi connectivity index (χ0) is 17.0. The van der Waals surface area contributed by atoms with E-state index in [1.807, 2.05) is 24.3 Å². The van der Waals surface area contributed by atoms with Crippen LogP contribution in [-0.2, 0) is 14.3 Å². The number of benzene rings is 1. The molecule has 1 saturated heterocycles. The summed E-state index contributed by atoms with van der Waals surface area (Å²) in [5.41, 5.74) is 0.947. The van der Waals surface area contributed by atoms with Gasteiger partial charge < -0.3 is 14.2 Å². The van der Waals surface area contributed by atoms with Crippen LogP contribution in [0.5, 0.6) is 5.75 Å². The molecule has 0 saturated carbocycles. The number of morpholine rings is 1. The first kappa shape index (κ1) is 21.5. The fourth-order valence-electron chi connectivity index (χ4n) is 2.32. The van der Waals surface area contributed by atoms with Gasteiger partial charge in [0.05, 0.1) is 19.8 Å². The van der Waals surface area contributed by atoms with Crippen LogP contribution < -0.4 is 4.74 Å². The molecule has 2 rings (SSSR count). The second-order valence-electron chi connectivity index (χ2n) is 5.73. The maximum atomic E-state index is 11.7. The summed E-state index contributed by atoms with van der Waals surface area (Å²) in [7, 11) is 0. The summed E-state index contributed by atoms with van der Waals surface area (Å²) in [5.74, 6) is 0.542. The molecule has 0 radical (unpaired) electrons. The van der Waals surface area contributed by atoms with Crippen molar-refractivity contribution in [3.8, 4) is 5.75 Å². The van der Waals surface area contributed by atoms with Crippen molar-refractivity contribution in [3.63, 3.8) is 0 Å². The fraction of sp³-hybridized carbons (Fsp3) is 0.526. The largest absolute Gasteiger partial charge is 0.494 e. The highest BCUT2D eigenvalue weighted by Crippen LogP contribution is 2.13. The van der Waals surface area contributed by atoms with E-state index in [9.17, 15) is 4.79 Å². The van der Waals surface area contributed by atoms with Gasteiger partial charge in [-0.05, 0) is 30.2 Å². The van der Waals surface area contributed by atoms with Crippen LogP contribution in [0.2, 0.25) is 0 Å². The third-order valence-electron chi connectivity index (χ3n) is 3.81. The zero-order valence-electron chi connectivity index (χ0n) is 14.8. The second-order valence-corrected chi connectivity index (χ2v) is 5.73. The van der Waals surface area contributed by atoms with Gasteiger partial charge in [0.25, 0.3) is 0 Å². The van der Waals surface area contributed by atoms with Crippen molar-refractivity contribution >= 4 is 24.5 Å². The van der Waals surface area contributed by atoms with Crippen molar-refractivity contribution < 1.29 is 19.0 Å². The van der Waals surface area contributed by atoms with Crippen LogP contribution in [0.1, 0.15) is 25.3 Å². The highest BCUT2D eigenvalue weighted by atomic mass is 35.5. The third kappa shape index (κ3) is 8.91. The lowest BCUT2D eigenvalue weighted by Crippen LogP contribution is -2.38. The average molecular weight is 370 g/mol. The maximum Gasteiger partial charge on any atom is 0.330 e. The Hall–Kier alpha value is -1.56. The first-order valence-electron chi connectivity index (χ1n) is 8.65. The van der Waals surface area contributed by atoms with Gasteiger partial charge in [0, 0.05) is 25.7 Å². The van der Waals surface area contributed by atoms with Crippen LogP contribution in [0.15, 0.2) is 30.3 Å². The van der Waals surface area contributed by atoms with Crippen LogP contribution in [0.4, 0.5) is 0 Å². The monoisotopic (exact) mass is 369 g/mol. The van der Waals surface area contributed by atoms with Crippen LogP contribution in [0, 0.1) is 0 Å². The van der Waals surface area contributed by atoms with Gasteiger partial charge in [0.2, 0.25) is 0 Å². The van der Waals surface area contributed by atoms with Crippen LogP contribution in [-0.4, -0.2) is 56.9 Å². The average Bonchev–Trinajstić information content (AvgIpc) is 2.62. The van der Waals surface area contributed by atoms with Crippen LogP contribution in [0.25, 0.3) is 6.08 Å². The molecule has 0 unspecified atom stereocenters. The van der Waals surface area contributed by atoms with Gasteiger partial charge in [-0.1, -0.05) is 25.5 Å². The highest BCUT2D eigenvalue weighted by Gasteiger charge is 2.10. The Bertz CT molecular complexity index is 513. The van der Waals surface area contributed by atoms with E-state index in [0.717, 1.165) is 63.6 Å². The number of carbonyl (C=O) groups is 1. The van der Waals surface area contributed by atoms with E-state index in [-0.39, 0.29) is 18.4 Å². The Morgan fingerprint density at radius 3 is 2.60 bits per heavy atom. The molecule has 0 aliphatic carbocycles. The number of hydrogen-bond acceptors (Lipinski definition) is 5. The molecule has 1 fully saturated rings. The predicted molar refractivity (Wildman–Crippen MR) is 101 cm³/mol. The maximum absolute atomic E-state index is 11.7. The summed E-state index contributed by atoms with van der Waals surface area (Å²) >= 11 is 0. The van der Waals surface area contributed by atoms with Crippen molar-refractivity contribution in [2.45, 2.75) is 19.8 Å². The van der Waals surface area contributed by atoms with E-state index in [0.29, 0.717) is 6.61 Å². The van der Waals surface area contributed by atoms with Gasteiger partial charge >= 0.3 is 5.97 Å². The smallest absolute Gasteiger partial charge is 0.330 e. The number of halogens is 1. The number of esters is 1. The van der Waals surface area contributed by atoms with E-state index < -0.39 is 0 Å². The number of unbranched alkanes of at least 4 members (excludes halogenated alkanes) is 1. The van der Waals surface area contributed by atoms with Gasteiger partial charge in [0.1, 0.15) is 12.4 Å². The van der Waals surface area contributed by atoms with Gasteiger partial charge in [0.15, 0.2) is 0 Å². The standard InChI is InChI=1S/C19H27NO4.ClH/c1-2-3-13-23-18-7-4-17(5-8-18)6-9-19(21)24-16-12-20-10-14-22-15-11-20;/h4-9H,2-3,10-16H2,1H3;1H/b9-6+;. The minimum Gasteiger partial charge on any atom is -0.494 e. The third-order valence-corrected chi connectivity index (χ3v) is 3.81. The van der Waals surface area contributed by atoms with Crippen LogP contribution >= 0.6 is 12.4 Å². The molecule has 0 atom stereocenters. The Morgan fingerprint density at radius 1 is 1.20 bits per heavy atom. The minimum absolute atomic E-state index is 0. The number of ether oxygens (including phenoxy) is 3. The summed E-state index contributed by atoms with van der Waals surface area (Å²) < 4.78 is 16.1. The molecule has 1 heterocycles. The summed E-state index contributed by atoms with van der Waals surface area (Å²) in [6.45, 7) is 7.36. The lowest BCUT2D eigenvalue weighted by Gasteiger charge is -2.25. The Labute approximate surface area is 156 Å². The summed E-state index contributed by atoms with van der Waals surface area (Å²) in [4.78, 5) is 14.0. The Kier molecular flexibility index (Phi) is 11.0. The van der Waals surface area contributed by atoms with Crippen molar-refractivity contribution in [1.29, 1.82) is 0 Å². The zero-order valence-corrected chi connectivity index (χ0v) is 15.6. The van der Waals surface area contributed by atoms with E-state index in [4.69, 9.17) is 14.2 Å². The molecule has 25 heavy (non-hydrogen) atoms. The van der Waals surface area contributed by atoms with Gasteiger partial charge in [-0.25, -0.2) is 4.79 Å². The fourth-order valence-corrected chi connectivity index (χ4v) is 2.32. The molecule has 1 aromatic rings. The van der Waals surface area contributed by atoms with Gasteiger partial charge in [-0.15, -0.1) is 12.4 Å². The molecule has 0 amide bonds. The number of rotatable bonds is 9. The van der Waals surface area contributed by atoms with Crippen molar-refractivity contribution in [3.05, 3.63) is 35.9 Å².